The van der Waals surface area contributed by atoms with E-state index in [1.807, 2.05) is 41.7 Å². The highest BCUT2D eigenvalue weighted by atomic mass is 16.4. The number of rotatable bonds is 3. The van der Waals surface area contributed by atoms with Gasteiger partial charge in [0, 0.05) is 24.0 Å². The van der Waals surface area contributed by atoms with Gasteiger partial charge in [-0.3, -0.25) is 9.25 Å². The summed E-state index contributed by atoms with van der Waals surface area (Å²) in [5.41, 5.74) is 4.44. The van der Waals surface area contributed by atoms with Crippen LogP contribution in [0.3, 0.4) is 0 Å². The summed E-state index contributed by atoms with van der Waals surface area (Å²) in [6, 6.07) is 2.20. The first-order valence-electron chi connectivity index (χ1n) is 6.88. The van der Waals surface area contributed by atoms with E-state index < -0.39 is 0 Å². The smallest absolute Gasteiger partial charge is 0.376 e. The topological polar surface area (TPSA) is 68.7 Å². The van der Waals surface area contributed by atoms with Crippen molar-refractivity contribution in [2.45, 2.75) is 34.6 Å². The number of hydrogen-bond acceptors (Lipinski definition) is 4. The highest BCUT2D eigenvalue weighted by Gasteiger charge is 2.22. The lowest BCUT2D eigenvalue weighted by molar-refractivity contribution is 0.523. The van der Waals surface area contributed by atoms with Gasteiger partial charge in [0.2, 0.25) is 0 Å². The quantitative estimate of drug-likeness (QED) is 0.494. The van der Waals surface area contributed by atoms with Crippen LogP contribution in [-0.2, 0) is 11.7 Å². The van der Waals surface area contributed by atoms with Crippen LogP contribution in [0.1, 0.15) is 34.2 Å². The molecule has 6 nitrogen and oxygen atoms in total. The Morgan fingerprint density at radius 3 is 2.14 bits per heavy atom. The van der Waals surface area contributed by atoms with Crippen molar-refractivity contribution in [2.24, 2.45) is 7.05 Å². The molecular formula is C15H18BN5O. The molecule has 0 atom stereocenters. The Morgan fingerprint density at radius 2 is 1.77 bits per heavy atom. The van der Waals surface area contributed by atoms with E-state index in [0.717, 1.165) is 28.3 Å². The van der Waals surface area contributed by atoms with E-state index in [9.17, 15) is 5.26 Å². The van der Waals surface area contributed by atoms with Crippen molar-refractivity contribution in [3.63, 3.8) is 0 Å². The summed E-state index contributed by atoms with van der Waals surface area (Å²) >= 11 is 0. The van der Waals surface area contributed by atoms with E-state index in [1.54, 1.807) is 9.25 Å². The van der Waals surface area contributed by atoms with Crippen molar-refractivity contribution in [1.82, 2.24) is 19.3 Å². The minimum atomic E-state index is 0.261. The molecule has 2 rings (SSSR count). The van der Waals surface area contributed by atoms with Crippen LogP contribution in [0.2, 0.25) is 0 Å². The Kier molecular flexibility index (Phi) is 4.13. The lowest BCUT2D eigenvalue weighted by Gasteiger charge is -2.15. The summed E-state index contributed by atoms with van der Waals surface area (Å²) in [5.74, 6) is 0.972. The minimum absolute atomic E-state index is 0.261. The molecule has 2 heterocycles. The Hall–Kier alpha value is -2.49. The molecule has 2 aromatic heterocycles. The van der Waals surface area contributed by atoms with Gasteiger partial charge in [0.1, 0.15) is 17.5 Å². The zero-order valence-corrected chi connectivity index (χ0v) is 13.7. The molecule has 0 spiro atoms. The van der Waals surface area contributed by atoms with Gasteiger partial charge in [-0.25, -0.2) is 4.98 Å². The molecule has 0 fully saturated rings. The summed E-state index contributed by atoms with van der Waals surface area (Å²) in [6.07, 6.45) is 0. The van der Waals surface area contributed by atoms with E-state index in [4.69, 9.17) is 12.7 Å². The second kappa shape index (κ2) is 5.72. The first-order chi connectivity index (χ1) is 10.3. The molecule has 2 aromatic rings. The van der Waals surface area contributed by atoms with Gasteiger partial charge in [0.15, 0.2) is 5.88 Å². The molecule has 0 aromatic carbocycles. The number of aryl methyl sites for hydroxylation is 4. The molecule has 112 valence electrons. The van der Waals surface area contributed by atoms with Crippen LogP contribution in [0.5, 0.6) is 0 Å². The molecule has 22 heavy (non-hydrogen) atoms. The zero-order valence-electron chi connectivity index (χ0n) is 13.7. The lowest BCUT2D eigenvalue weighted by atomic mass is 10.1. The van der Waals surface area contributed by atoms with Crippen LogP contribution in [0, 0.1) is 45.9 Å². The number of allylic oxidation sites excluding steroid dienone is 1. The van der Waals surface area contributed by atoms with E-state index in [-0.39, 0.29) is 5.88 Å². The highest BCUT2D eigenvalue weighted by molar-refractivity contribution is 6.04. The first-order valence-corrected chi connectivity index (χ1v) is 6.88. The number of imidazole rings is 1. The van der Waals surface area contributed by atoms with E-state index >= 15 is 0 Å². The van der Waals surface area contributed by atoms with Crippen molar-refractivity contribution in [2.75, 3.05) is 0 Å². The second-order valence-electron chi connectivity index (χ2n) is 5.24. The Bertz CT molecular complexity index is 807. The molecular weight excluding hydrogens is 277 g/mol. The number of nitriles is 1. The normalized spacial score (nSPS) is 12.0. The van der Waals surface area contributed by atoms with Crippen molar-refractivity contribution in [3.05, 3.63) is 34.2 Å². The van der Waals surface area contributed by atoms with Gasteiger partial charge in [0.05, 0.1) is 11.4 Å². The van der Waals surface area contributed by atoms with Crippen molar-refractivity contribution in [3.8, 4) is 6.07 Å². The summed E-state index contributed by atoms with van der Waals surface area (Å²) in [5, 5.41) is 14.0. The number of hydrogen-bond donors (Lipinski definition) is 0. The molecule has 0 unspecified atom stereocenters. The van der Waals surface area contributed by atoms with Crippen LogP contribution in [0.4, 0.5) is 0 Å². The molecule has 0 bridgehead atoms. The largest absolute Gasteiger partial charge is 0.555 e. The monoisotopic (exact) mass is 295 g/mol. The average molecular weight is 295 g/mol. The molecule has 0 N–H and O–H groups in total. The van der Waals surface area contributed by atoms with Gasteiger partial charge in [-0.2, -0.15) is 10.4 Å². The standard InChI is InChI=1S/C15H18BN5O/c1-8-10(3)21(12(5)18-8)15(22-16)13(7-17)14-9(2)19-20(6)11(14)4/h1-6H3. The van der Waals surface area contributed by atoms with Crippen molar-refractivity contribution < 1.29 is 4.65 Å². The van der Waals surface area contributed by atoms with Crippen LogP contribution in [-0.4, -0.2) is 27.4 Å². The number of aromatic nitrogens is 4. The maximum atomic E-state index is 9.67. The van der Waals surface area contributed by atoms with Gasteiger partial charge >= 0.3 is 8.05 Å². The Morgan fingerprint density at radius 1 is 1.14 bits per heavy atom. The molecule has 0 aliphatic rings. The highest BCUT2D eigenvalue weighted by Crippen LogP contribution is 2.29. The third kappa shape index (κ3) is 2.31. The van der Waals surface area contributed by atoms with Gasteiger partial charge in [0.25, 0.3) is 0 Å². The maximum Gasteiger partial charge on any atom is 0.376 e. The number of nitrogens with zero attached hydrogens (tertiary/aromatic N) is 5. The third-order valence-corrected chi connectivity index (χ3v) is 3.91. The minimum Gasteiger partial charge on any atom is -0.555 e. The molecule has 2 radical (unpaired) electrons. The second-order valence-corrected chi connectivity index (χ2v) is 5.24. The SMILES string of the molecule is [B]OC(=C(C#N)c1c(C)nn(C)c1C)n1c(C)nc(C)c1C. The molecule has 0 saturated carbocycles. The third-order valence-electron chi connectivity index (χ3n) is 3.91. The van der Waals surface area contributed by atoms with Gasteiger partial charge in [-0.05, 0) is 34.6 Å². The van der Waals surface area contributed by atoms with Gasteiger partial charge < -0.3 is 4.65 Å². The van der Waals surface area contributed by atoms with Crippen molar-refractivity contribution in [1.29, 1.82) is 5.26 Å². The fraction of sp³-hybridized carbons (Fsp3) is 0.400. The van der Waals surface area contributed by atoms with Crippen LogP contribution < -0.4 is 0 Å². The lowest BCUT2D eigenvalue weighted by Crippen LogP contribution is -2.08. The van der Waals surface area contributed by atoms with E-state index in [2.05, 4.69) is 16.2 Å². The summed E-state index contributed by atoms with van der Waals surface area (Å²) in [7, 11) is 7.32. The predicted octanol–water partition coefficient (Wildman–Crippen LogP) is 2.11. The Balaban J connectivity index is 2.83. The predicted molar refractivity (Wildman–Crippen MR) is 84.7 cm³/mol. The fourth-order valence-corrected chi connectivity index (χ4v) is 2.65. The van der Waals surface area contributed by atoms with Gasteiger partial charge in [-0.1, -0.05) is 0 Å². The fourth-order valence-electron chi connectivity index (χ4n) is 2.65. The van der Waals surface area contributed by atoms with Gasteiger partial charge in [-0.15, -0.1) is 0 Å². The van der Waals surface area contributed by atoms with Crippen LogP contribution >= 0.6 is 0 Å². The van der Waals surface area contributed by atoms with Crippen LogP contribution in [0.25, 0.3) is 11.5 Å². The molecule has 0 aliphatic heterocycles. The summed E-state index contributed by atoms with van der Waals surface area (Å²) in [4.78, 5) is 4.40. The molecule has 0 amide bonds. The van der Waals surface area contributed by atoms with E-state index in [1.165, 1.54) is 0 Å². The Labute approximate surface area is 131 Å². The zero-order chi connectivity index (χ0) is 16.6. The van der Waals surface area contributed by atoms with E-state index in [0.29, 0.717) is 11.4 Å². The molecule has 0 saturated heterocycles. The molecule has 0 aliphatic carbocycles. The molecule has 7 heteroatoms. The average Bonchev–Trinajstić information content (AvgIpc) is 2.86. The summed E-state index contributed by atoms with van der Waals surface area (Å²) in [6.45, 7) is 9.41. The van der Waals surface area contributed by atoms with Crippen LogP contribution in [0.15, 0.2) is 0 Å². The maximum absolute atomic E-state index is 9.67. The first kappa shape index (κ1) is 15.9. The van der Waals surface area contributed by atoms with Crippen molar-refractivity contribution >= 4 is 19.5 Å². The summed E-state index contributed by atoms with van der Waals surface area (Å²) < 4.78 is 8.56.